The van der Waals surface area contributed by atoms with Gasteiger partial charge in [-0.2, -0.15) is 0 Å². The summed E-state index contributed by atoms with van der Waals surface area (Å²) in [6, 6.07) is 0.434. The lowest BCUT2D eigenvalue weighted by Gasteiger charge is -2.31. The maximum absolute atomic E-state index is 11.5. The van der Waals surface area contributed by atoms with Crippen LogP contribution in [0.1, 0.15) is 19.3 Å². The number of carbonyl (C=O) groups excluding carboxylic acids is 2. The summed E-state index contributed by atoms with van der Waals surface area (Å²) >= 11 is 0. The summed E-state index contributed by atoms with van der Waals surface area (Å²) in [5, 5.41) is 0. The number of hydrogen-bond acceptors (Lipinski definition) is 4. The quantitative estimate of drug-likeness (QED) is 0.489. The molecule has 3 aliphatic heterocycles. The highest BCUT2D eigenvalue weighted by atomic mass is 16.6. The fourth-order valence-corrected chi connectivity index (χ4v) is 4.01. The third-order valence-electron chi connectivity index (χ3n) is 4.61. The predicted molar refractivity (Wildman–Crippen MR) is 59.2 cm³/mol. The second-order valence-corrected chi connectivity index (χ2v) is 5.28. The van der Waals surface area contributed by atoms with E-state index in [1.165, 1.54) is 0 Å². The van der Waals surface area contributed by atoms with Crippen LogP contribution in [-0.2, 0) is 14.3 Å². The summed E-state index contributed by atoms with van der Waals surface area (Å²) in [5.74, 6) is -0.235. The molecule has 4 heteroatoms. The highest BCUT2D eigenvalue weighted by molar-refractivity contribution is 5.88. The van der Waals surface area contributed by atoms with E-state index in [0.29, 0.717) is 0 Å². The fraction of sp³-hybridized carbons (Fsp3) is 0.538. The van der Waals surface area contributed by atoms with Crippen LogP contribution in [0.3, 0.4) is 0 Å². The second-order valence-electron chi connectivity index (χ2n) is 5.28. The predicted octanol–water partition coefficient (Wildman–Crippen LogP) is 0.582. The van der Waals surface area contributed by atoms with E-state index in [0.717, 1.165) is 31.1 Å². The first-order valence-corrected chi connectivity index (χ1v) is 6.11. The lowest BCUT2D eigenvalue weighted by molar-refractivity contribution is -0.147. The van der Waals surface area contributed by atoms with Crippen LogP contribution in [0, 0.1) is 0 Å². The standard InChI is InChI=1S/C13H13NO3/c15-7-10-3-4-11-13-6-9(14(10)11)2-1-8(13)5-12(16)17-13/h1-2,5,7,9-11H,3-4,6H2. The molecule has 0 amide bonds. The molecule has 3 heterocycles. The number of fused-ring (bicyclic) bond motifs is 3. The summed E-state index contributed by atoms with van der Waals surface area (Å²) in [6.07, 6.45) is 9.37. The first kappa shape index (κ1) is 9.59. The van der Waals surface area contributed by atoms with Gasteiger partial charge in [-0.3, -0.25) is 4.90 Å². The van der Waals surface area contributed by atoms with Gasteiger partial charge in [0, 0.05) is 24.1 Å². The number of esters is 1. The zero-order valence-corrected chi connectivity index (χ0v) is 9.33. The van der Waals surface area contributed by atoms with Crippen LogP contribution in [-0.4, -0.2) is 40.9 Å². The molecule has 4 atom stereocenters. The van der Waals surface area contributed by atoms with Crippen LogP contribution >= 0.6 is 0 Å². The van der Waals surface area contributed by atoms with Gasteiger partial charge in [0.05, 0.1) is 12.1 Å². The Hall–Kier alpha value is -1.42. The summed E-state index contributed by atoms with van der Waals surface area (Å²) < 4.78 is 5.61. The van der Waals surface area contributed by atoms with Crippen molar-refractivity contribution in [1.29, 1.82) is 0 Å². The topological polar surface area (TPSA) is 46.6 Å². The minimum atomic E-state index is -0.450. The number of aldehydes is 1. The molecule has 4 unspecified atom stereocenters. The molecule has 4 aliphatic rings. The van der Waals surface area contributed by atoms with Gasteiger partial charge in [-0.25, -0.2) is 4.79 Å². The molecule has 0 N–H and O–H groups in total. The molecule has 4 nitrogen and oxygen atoms in total. The summed E-state index contributed by atoms with van der Waals surface area (Å²) in [7, 11) is 0. The summed E-state index contributed by atoms with van der Waals surface area (Å²) in [5.41, 5.74) is 0.548. The molecule has 0 aromatic heterocycles. The van der Waals surface area contributed by atoms with Crippen molar-refractivity contribution in [3.8, 4) is 0 Å². The van der Waals surface area contributed by atoms with Gasteiger partial charge in [0.15, 0.2) is 5.60 Å². The van der Waals surface area contributed by atoms with Crippen molar-refractivity contribution in [2.24, 2.45) is 0 Å². The van der Waals surface area contributed by atoms with Gasteiger partial charge in [0.2, 0.25) is 0 Å². The molecule has 17 heavy (non-hydrogen) atoms. The zero-order valence-electron chi connectivity index (χ0n) is 9.33. The van der Waals surface area contributed by atoms with Crippen LogP contribution in [0.15, 0.2) is 23.8 Å². The van der Waals surface area contributed by atoms with Crippen molar-refractivity contribution in [2.45, 2.75) is 43.0 Å². The normalized spacial score (nSPS) is 46.5. The Morgan fingerprint density at radius 3 is 3.18 bits per heavy atom. The SMILES string of the molecule is O=CC1CCC2N1C1C=CC3=CC(=O)OC32C1. The van der Waals surface area contributed by atoms with E-state index in [4.69, 9.17) is 4.74 Å². The Morgan fingerprint density at radius 2 is 2.35 bits per heavy atom. The summed E-state index contributed by atoms with van der Waals surface area (Å²) in [4.78, 5) is 24.9. The molecule has 2 saturated heterocycles. The Morgan fingerprint density at radius 1 is 1.47 bits per heavy atom. The number of hydrogen-bond donors (Lipinski definition) is 0. The lowest BCUT2D eigenvalue weighted by atomic mass is 9.81. The molecular weight excluding hydrogens is 218 g/mol. The Balaban J connectivity index is 1.84. The third kappa shape index (κ3) is 0.978. The van der Waals surface area contributed by atoms with Crippen LogP contribution in [0.25, 0.3) is 0 Å². The van der Waals surface area contributed by atoms with E-state index in [2.05, 4.69) is 11.0 Å². The zero-order chi connectivity index (χ0) is 11.6. The van der Waals surface area contributed by atoms with E-state index in [9.17, 15) is 9.59 Å². The van der Waals surface area contributed by atoms with Gasteiger partial charge in [-0.15, -0.1) is 0 Å². The van der Waals surface area contributed by atoms with Crippen LogP contribution in [0.5, 0.6) is 0 Å². The van der Waals surface area contributed by atoms with Crippen molar-refractivity contribution in [2.75, 3.05) is 0 Å². The molecule has 2 fully saturated rings. The Kier molecular flexibility index (Phi) is 1.62. The largest absolute Gasteiger partial charge is 0.449 e. The van der Waals surface area contributed by atoms with Gasteiger partial charge in [0.25, 0.3) is 0 Å². The number of nitrogens with zero attached hydrogens (tertiary/aromatic N) is 1. The number of carbonyl (C=O) groups is 2. The second kappa shape index (κ2) is 2.88. The van der Waals surface area contributed by atoms with Gasteiger partial charge >= 0.3 is 5.97 Å². The lowest BCUT2D eigenvalue weighted by Crippen LogP contribution is -2.44. The van der Waals surface area contributed by atoms with Crippen LogP contribution < -0.4 is 0 Å². The molecule has 4 rings (SSSR count). The Bertz CT molecular complexity index is 481. The molecule has 1 spiro atoms. The number of ether oxygens (including phenoxy) is 1. The molecule has 0 aromatic carbocycles. The van der Waals surface area contributed by atoms with Gasteiger partial charge < -0.3 is 9.53 Å². The molecule has 88 valence electrons. The van der Waals surface area contributed by atoms with Crippen molar-refractivity contribution in [3.63, 3.8) is 0 Å². The minimum absolute atomic E-state index is 0.00678. The molecular formula is C13H13NO3. The van der Waals surface area contributed by atoms with Crippen LogP contribution in [0.2, 0.25) is 0 Å². The van der Waals surface area contributed by atoms with Gasteiger partial charge in [-0.05, 0) is 12.8 Å². The molecule has 0 radical (unpaired) electrons. The molecule has 2 bridgehead atoms. The molecule has 0 aromatic rings. The van der Waals surface area contributed by atoms with Crippen molar-refractivity contribution in [1.82, 2.24) is 4.90 Å². The van der Waals surface area contributed by atoms with Gasteiger partial charge in [-0.1, -0.05) is 12.2 Å². The van der Waals surface area contributed by atoms with Crippen LogP contribution in [0.4, 0.5) is 0 Å². The molecule has 1 aliphatic carbocycles. The highest BCUT2D eigenvalue weighted by Crippen LogP contribution is 2.53. The fourth-order valence-electron chi connectivity index (χ4n) is 4.01. The van der Waals surface area contributed by atoms with E-state index in [1.54, 1.807) is 6.08 Å². The Labute approximate surface area is 98.9 Å². The third-order valence-corrected chi connectivity index (χ3v) is 4.61. The molecule has 0 saturated carbocycles. The van der Waals surface area contributed by atoms with Crippen molar-refractivity contribution < 1.29 is 14.3 Å². The smallest absolute Gasteiger partial charge is 0.332 e. The maximum atomic E-state index is 11.5. The minimum Gasteiger partial charge on any atom is -0.449 e. The average molecular weight is 231 g/mol. The van der Waals surface area contributed by atoms with Crippen molar-refractivity contribution in [3.05, 3.63) is 23.8 Å². The highest BCUT2D eigenvalue weighted by Gasteiger charge is 2.62. The van der Waals surface area contributed by atoms with Gasteiger partial charge in [0.1, 0.15) is 6.29 Å². The monoisotopic (exact) mass is 231 g/mol. The average Bonchev–Trinajstić information content (AvgIpc) is 2.92. The van der Waals surface area contributed by atoms with E-state index >= 15 is 0 Å². The first-order chi connectivity index (χ1) is 8.24. The number of rotatable bonds is 1. The van der Waals surface area contributed by atoms with Crippen molar-refractivity contribution >= 4 is 12.3 Å². The first-order valence-electron chi connectivity index (χ1n) is 6.11. The van der Waals surface area contributed by atoms with E-state index in [1.807, 2.05) is 6.08 Å². The van der Waals surface area contributed by atoms with E-state index in [-0.39, 0.29) is 24.1 Å². The maximum Gasteiger partial charge on any atom is 0.332 e. The summed E-state index contributed by atoms with van der Waals surface area (Å²) in [6.45, 7) is 0. The van der Waals surface area contributed by atoms with E-state index < -0.39 is 5.60 Å².